The maximum absolute atomic E-state index is 11.2. The lowest BCUT2D eigenvalue weighted by Crippen LogP contribution is -2.28. The Kier molecular flexibility index (Phi) is 2.50. The molecule has 0 aliphatic carbocycles. The Bertz CT molecular complexity index is 195. The van der Waals surface area contributed by atoms with E-state index in [4.69, 9.17) is 6.42 Å². The first-order chi connectivity index (χ1) is 5.24. The smallest absolute Gasteiger partial charge is 0.224 e. The van der Waals surface area contributed by atoms with Gasteiger partial charge in [0.05, 0.1) is 12.5 Å². The third-order valence-electron chi connectivity index (χ3n) is 1.84. The van der Waals surface area contributed by atoms with Gasteiger partial charge >= 0.3 is 0 Å². The second kappa shape index (κ2) is 3.40. The van der Waals surface area contributed by atoms with E-state index in [9.17, 15) is 4.79 Å². The van der Waals surface area contributed by atoms with Crippen molar-refractivity contribution in [1.29, 1.82) is 0 Å². The number of nitrogens with zero attached hydrogens (tertiary/aromatic N) is 1. The van der Waals surface area contributed by atoms with Gasteiger partial charge in [-0.1, -0.05) is 5.92 Å². The molecule has 1 amide bonds. The van der Waals surface area contributed by atoms with Crippen LogP contribution >= 0.6 is 0 Å². The van der Waals surface area contributed by atoms with Gasteiger partial charge in [0.2, 0.25) is 5.91 Å². The van der Waals surface area contributed by atoms with Gasteiger partial charge in [-0.05, 0) is 0 Å². The Labute approximate surface area is 66.8 Å². The highest BCUT2D eigenvalue weighted by atomic mass is 16.2. The summed E-state index contributed by atoms with van der Waals surface area (Å²) in [6.07, 6.45) is 5.62. The molecule has 11 heavy (non-hydrogen) atoms. The molecule has 0 aromatic rings. The van der Waals surface area contributed by atoms with Crippen molar-refractivity contribution >= 4 is 5.91 Å². The first-order valence-electron chi connectivity index (χ1n) is 3.67. The first kappa shape index (κ1) is 8.09. The number of carbonyl (C=O) groups is 1. The Hall–Kier alpha value is -1.01. The third-order valence-corrected chi connectivity index (χ3v) is 1.84. The van der Waals surface area contributed by atoms with Gasteiger partial charge in [-0.3, -0.25) is 4.79 Å². The monoisotopic (exact) mass is 152 g/mol. The largest absolute Gasteiger partial charge is 0.344 e. The average molecular weight is 152 g/mol. The minimum atomic E-state index is -0.0764. The van der Waals surface area contributed by atoms with Crippen molar-refractivity contribution in [3.63, 3.8) is 0 Å². The molecule has 1 fully saturated rings. The van der Waals surface area contributed by atoms with E-state index in [2.05, 4.69) is 11.2 Å². The standard InChI is InChI=1S/C8H12N2O/c1-3-7-6-8(11)10(2)5-4-9-7/h1,7,9H,4-6H2,2H3/t7-/m1/s1. The number of amides is 1. The van der Waals surface area contributed by atoms with Crippen LogP contribution < -0.4 is 5.32 Å². The second-order valence-electron chi connectivity index (χ2n) is 2.69. The second-order valence-corrected chi connectivity index (χ2v) is 2.69. The summed E-state index contributed by atoms with van der Waals surface area (Å²) in [5, 5.41) is 3.09. The van der Waals surface area contributed by atoms with Crippen molar-refractivity contribution in [3.8, 4) is 12.3 Å². The molecule has 0 radical (unpaired) electrons. The zero-order chi connectivity index (χ0) is 8.27. The van der Waals surface area contributed by atoms with Crippen LogP contribution in [0.3, 0.4) is 0 Å². The highest BCUT2D eigenvalue weighted by molar-refractivity contribution is 5.77. The molecule has 0 unspecified atom stereocenters. The molecule has 0 saturated carbocycles. The third kappa shape index (κ3) is 1.95. The Balaban J connectivity index is 2.57. The number of rotatable bonds is 0. The zero-order valence-electron chi connectivity index (χ0n) is 6.63. The molecule has 60 valence electrons. The number of hydrogen-bond donors (Lipinski definition) is 1. The quantitative estimate of drug-likeness (QED) is 0.472. The molecule has 1 aliphatic heterocycles. The predicted octanol–water partition coefficient (Wildman–Crippen LogP) is -0.560. The van der Waals surface area contributed by atoms with Crippen molar-refractivity contribution in [2.75, 3.05) is 20.1 Å². The summed E-state index contributed by atoms with van der Waals surface area (Å²) in [7, 11) is 1.79. The fourth-order valence-corrected chi connectivity index (χ4v) is 1.05. The summed E-state index contributed by atoms with van der Waals surface area (Å²) < 4.78 is 0. The average Bonchev–Trinajstić information content (AvgIpc) is 2.15. The van der Waals surface area contributed by atoms with E-state index in [1.54, 1.807) is 11.9 Å². The van der Waals surface area contributed by atoms with E-state index in [0.717, 1.165) is 13.1 Å². The molecule has 3 nitrogen and oxygen atoms in total. The summed E-state index contributed by atoms with van der Waals surface area (Å²) in [5.74, 6) is 2.66. The maximum atomic E-state index is 11.2. The molecule has 1 rings (SSSR count). The van der Waals surface area contributed by atoms with Gasteiger partial charge in [-0.2, -0.15) is 0 Å². The highest BCUT2D eigenvalue weighted by Crippen LogP contribution is 1.99. The molecule has 0 aromatic carbocycles. The number of carbonyl (C=O) groups excluding carboxylic acids is 1. The van der Waals surface area contributed by atoms with Crippen molar-refractivity contribution in [3.05, 3.63) is 0 Å². The normalized spacial score (nSPS) is 26.0. The fraction of sp³-hybridized carbons (Fsp3) is 0.625. The molecule has 0 spiro atoms. The molecular weight excluding hydrogens is 140 g/mol. The number of likely N-dealkylation sites (N-methyl/N-ethyl adjacent to an activating group) is 1. The van der Waals surface area contributed by atoms with Crippen LogP contribution in [0.5, 0.6) is 0 Å². The fourth-order valence-electron chi connectivity index (χ4n) is 1.05. The number of terminal acetylenes is 1. The molecule has 1 heterocycles. The van der Waals surface area contributed by atoms with Gasteiger partial charge < -0.3 is 10.2 Å². The van der Waals surface area contributed by atoms with Crippen LogP contribution in [0, 0.1) is 12.3 Å². The van der Waals surface area contributed by atoms with Gasteiger partial charge in [-0.25, -0.2) is 0 Å². The summed E-state index contributed by atoms with van der Waals surface area (Å²) >= 11 is 0. The van der Waals surface area contributed by atoms with Crippen LogP contribution in [-0.4, -0.2) is 37.0 Å². The lowest BCUT2D eigenvalue weighted by atomic mass is 10.2. The zero-order valence-corrected chi connectivity index (χ0v) is 6.63. The van der Waals surface area contributed by atoms with Gasteiger partial charge in [-0.15, -0.1) is 6.42 Å². The molecule has 1 N–H and O–H groups in total. The van der Waals surface area contributed by atoms with E-state index in [0.29, 0.717) is 6.42 Å². The van der Waals surface area contributed by atoms with Gasteiger partial charge in [0.15, 0.2) is 0 Å². The van der Waals surface area contributed by atoms with Gasteiger partial charge in [0, 0.05) is 20.1 Å². The molecule has 1 saturated heterocycles. The SMILES string of the molecule is C#C[C@@H]1CC(=O)N(C)CCN1. The first-order valence-corrected chi connectivity index (χ1v) is 3.67. The minimum Gasteiger partial charge on any atom is -0.344 e. The van der Waals surface area contributed by atoms with E-state index in [1.807, 2.05) is 0 Å². The van der Waals surface area contributed by atoms with Crippen LogP contribution in [0.1, 0.15) is 6.42 Å². The molecule has 1 aliphatic rings. The molecular formula is C8H12N2O. The number of nitrogens with one attached hydrogen (secondary N) is 1. The molecule has 3 heteroatoms. The topological polar surface area (TPSA) is 32.3 Å². The highest BCUT2D eigenvalue weighted by Gasteiger charge is 2.17. The lowest BCUT2D eigenvalue weighted by molar-refractivity contribution is -0.129. The molecule has 0 bridgehead atoms. The van der Waals surface area contributed by atoms with Crippen molar-refractivity contribution in [2.24, 2.45) is 0 Å². The Morgan fingerprint density at radius 1 is 1.82 bits per heavy atom. The van der Waals surface area contributed by atoms with Crippen LogP contribution in [0.4, 0.5) is 0 Å². The van der Waals surface area contributed by atoms with Gasteiger partial charge in [0.1, 0.15) is 0 Å². The van der Waals surface area contributed by atoms with Gasteiger partial charge in [0.25, 0.3) is 0 Å². The summed E-state index contributed by atoms with van der Waals surface area (Å²) in [6, 6.07) is -0.0764. The van der Waals surface area contributed by atoms with Crippen molar-refractivity contribution in [2.45, 2.75) is 12.5 Å². The van der Waals surface area contributed by atoms with Crippen molar-refractivity contribution in [1.82, 2.24) is 10.2 Å². The number of hydrogen-bond acceptors (Lipinski definition) is 2. The minimum absolute atomic E-state index is 0.0764. The lowest BCUT2D eigenvalue weighted by Gasteiger charge is -2.11. The van der Waals surface area contributed by atoms with Crippen LogP contribution in [-0.2, 0) is 4.79 Å². The molecule has 1 atom stereocenters. The van der Waals surface area contributed by atoms with Crippen LogP contribution in [0.15, 0.2) is 0 Å². The Morgan fingerprint density at radius 2 is 2.55 bits per heavy atom. The van der Waals surface area contributed by atoms with Crippen molar-refractivity contribution < 1.29 is 4.79 Å². The summed E-state index contributed by atoms with van der Waals surface area (Å²) in [5.41, 5.74) is 0. The maximum Gasteiger partial charge on any atom is 0.224 e. The van der Waals surface area contributed by atoms with E-state index in [1.165, 1.54) is 0 Å². The van der Waals surface area contributed by atoms with E-state index < -0.39 is 0 Å². The summed E-state index contributed by atoms with van der Waals surface area (Å²) in [6.45, 7) is 1.54. The predicted molar refractivity (Wildman–Crippen MR) is 42.9 cm³/mol. The summed E-state index contributed by atoms with van der Waals surface area (Å²) in [4.78, 5) is 12.9. The van der Waals surface area contributed by atoms with E-state index >= 15 is 0 Å². The van der Waals surface area contributed by atoms with Crippen LogP contribution in [0.25, 0.3) is 0 Å². The Morgan fingerprint density at radius 3 is 3.18 bits per heavy atom. The van der Waals surface area contributed by atoms with Crippen LogP contribution in [0.2, 0.25) is 0 Å². The molecule has 0 aromatic heterocycles. The van der Waals surface area contributed by atoms with E-state index in [-0.39, 0.29) is 11.9 Å².